The van der Waals surface area contributed by atoms with E-state index in [0.29, 0.717) is 44.2 Å². The molecule has 2 aromatic rings. The maximum Gasteiger partial charge on any atom is 0.313 e. The highest BCUT2D eigenvalue weighted by Gasteiger charge is 2.75. The number of benzene rings is 2. The number of anilines is 2. The summed E-state index contributed by atoms with van der Waals surface area (Å²) in [6.45, 7) is 15.9. The smallest absolute Gasteiger partial charge is 0.313 e. The van der Waals surface area contributed by atoms with E-state index < -0.39 is 47.7 Å². The molecule has 3 aliphatic rings. The molecule has 3 aliphatic heterocycles. The largest absolute Gasteiger partial charge is 0.455 e. The van der Waals surface area contributed by atoms with Crippen molar-refractivity contribution in [1.82, 2.24) is 9.80 Å². The van der Waals surface area contributed by atoms with Crippen molar-refractivity contribution < 1.29 is 33.8 Å². The number of hydrogen-bond acceptors (Lipinski definition) is 8. The van der Waals surface area contributed by atoms with Gasteiger partial charge in [0.05, 0.1) is 24.0 Å². The summed E-state index contributed by atoms with van der Waals surface area (Å²) in [7, 11) is 1.70. The maximum atomic E-state index is 15.0. The van der Waals surface area contributed by atoms with E-state index in [-0.39, 0.29) is 43.8 Å². The Morgan fingerprint density at radius 2 is 1.70 bits per heavy atom. The van der Waals surface area contributed by atoms with E-state index in [0.717, 1.165) is 24.3 Å². The number of allylic oxidation sites excluding steroid dienone is 1. The molecular weight excluding hydrogens is 684 g/mol. The molecule has 3 saturated heterocycles. The van der Waals surface area contributed by atoms with Crippen molar-refractivity contribution in [2.45, 2.75) is 95.6 Å². The Kier molecular flexibility index (Phi) is 13.7. The fraction of sp³-hybridized carbons (Fsp3) is 0.535. The second-order valence-corrected chi connectivity index (χ2v) is 14.6. The zero-order valence-electron chi connectivity index (χ0n) is 32.4. The van der Waals surface area contributed by atoms with E-state index in [1.54, 1.807) is 33.9 Å². The second kappa shape index (κ2) is 18.2. The summed E-state index contributed by atoms with van der Waals surface area (Å²) in [4.78, 5) is 64.3. The molecule has 2 bridgehead atoms. The number of fused-ring (bicyclic) bond motifs is 1. The van der Waals surface area contributed by atoms with Gasteiger partial charge in [-0.2, -0.15) is 0 Å². The van der Waals surface area contributed by atoms with E-state index in [1.807, 2.05) is 61.5 Å². The van der Waals surface area contributed by atoms with Gasteiger partial charge in [-0.05, 0) is 89.1 Å². The van der Waals surface area contributed by atoms with Gasteiger partial charge in [0.2, 0.25) is 11.8 Å². The summed E-state index contributed by atoms with van der Waals surface area (Å²) < 4.78 is 13.1. The lowest BCUT2D eigenvalue weighted by atomic mass is 9.70. The van der Waals surface area contributed by atoms with Crippen molar-refractivity contribution in [3.05, 3.63) is 85.5 Å². The lowest BCUT2D eigenvalue weighted by Crippen LogP contribution is -2.56. The Balaban J connectivity index is 1.48. The van der Waals surface area contributed by atoms with Crippen LogP contribution in [0.15, 0.2) is 79.9 Å². The van der Waals surface area contributed by atoms with Gasteiger partial charge in [-0.15, -0.1) is 13.2 Å². The van der Waals surface area contributed by atoms with Gasteiger partial charge in [0, 0.05) is 57.6 Å². The lowest BCUT2D eigenvalue weighted by molar-refractivity contribution is -0.164. The SMILES string of the molecule is C=CCCC(=O)N(C)[C@H](C)[C@H](OC(=O)[C@@H]1[C@@H]2CC[C@]3(O2)[C@H](C(=O)N(CC=C)c2ccc(N(CC)CC)cc2)N(CCCCCO)C(=O)[C@@H]13)c1ccccc1. The van der Waals surface area contributed by atoms with Crippen LogP contribution >= 0.6 is 0 Å². The summed E-state index contributed by atoms with van der Waals surface area (Å²) in [6, 6.07) is 15.7. The van der Waals surface area contributed by atoms with E-state index in [2.05, 4.69) is 31.9 Å². The number of esters is 1. The molecule has 3 amide bonds. The molecule has 1 N–H and O–H groups in total. The molecule has 11 heteroatoms. The summed E-state index contributed by atoms with van der Waals surface area (Å²) in [6.07, 6.45) is 5.55. The predicted molar refractivity (Wildman–Crippen MR) is 210 cm³/mol. The maximum absolute atomic E-state index is 15.0. The standard InChI is InChI=1S/C43H58N4O7/c1-7-11-20-35(49)44(6)30(5)38(31-18-14-12-15-19-31)53-42(52)36-34-25-26-43(54-34)37(36)40(50)47(28-16-13-17-29-48)39(43)41(51)46(27-8-2)33-23-21-32(22-24-33)45(9-3)10-4/h7-8,12,14-15,18-19,21-24,30,34,36-39,48H,1-2,9-11,13,16-17,20,25-29H2,3-6H3/t30-,34+,36-,37-,38+,39+,43-/m1/s1. The number of amides is 3. The van der Waals surface area contributed by atoms with Crippen molar-refractivity contribution in [2.75, 3.05) is 49.6 Å². The van der Waals surface area contributed by atoms with E-state index in [9.17, 15) is 24.3 Å². The highest BCUT2D eigenvalue weighted by atomic mass is 16.6. The van der Waals surface area contributed by atoms with Crippen molar-refractivity contribution in [3.63, 3.8) is 0 Å². The molecule has 0 saturated carbocycles. The number of unbranched alkanes of at least 4 members (excludes halogenated alkanes) is 2. The summed E-state index contributed by atoms with van der Waals surface area (Å²) in [5.41, 5.74) is 1.23. The van der Waals surface area contributed by atoms with Crippen molar-refractivity contribution in [2.24, 2.45) is 11.8 Å². The number of aliphatic hydroxyl groups is 1. The Morgan fingerprint density at radius 3 is 2.33 bits per heavy atom. The topological polar surface area (TPSA) is 120 Å². The number of nitrogens with zero attached hydrogens (tertiary/aromatic N) is 4. The van der Waals surface area contributed by atoms with Crippen molar-refractivity contribution in [3.8, 4) is 0 Å². The molecule has 3 heterocycles. The van der Waals surface area contributed by atoms with Gasteiger partial charge in [0.25, 0.3) is 5.91 Å². The number of aliphatic hydroxyl groups excluding tert-OH is 1. The average molecular weight is 743 g/mol. The molecule has 1 spiro atoms. The van der Waals surface area contributed by atoms with Crippen LogP contribution in [0.3, 0.4) is 0 Å². The Morgan fingerprint density at radius 1 is 1.02 bits per heavy atom. The summed E-state index contributed by atoms with van der Waals surface area (Å²) in [5, 5.41) is 9.45. The highest BCUT2D eigenvalue weighted by Crippen LogP contribution is 2.59. The number of likely N-dealkylation sites (tertiary alicyclic amines) is 1. The van der Waals surface area contributed by atoms with Crippen molar-refractivity contribution in [1.29, 1.82) is 0 Å². The molecule has 2 aromatic carbocycles. The third-order valence-corrected chi connectivity index (χ3v) is 11.6. The Labute approximate surface area is 320 Å². The number of carbonyl (C=O) groups excluding carboxylic acids is 4. The minimum absolute atomic E-state index is 0.0359. The second-order valence-electron chi connectivity index (χ2n) is 14.6. The molecule has 0 aromatic heterocycles. The average Bonchev–Trinajstić information content (AvgIpc) is 3.84. The van der Waals surface area contributed by atoms with Crippen LogP contribution in [0.2, 0.25) is 0 Å². The Hall–Kier alpha value is -4.48. The third kappa shape index (κ3) is 7.98. The molecule has 3 fully saturated rings. The first-order chi connectivity index (χ1) is 26.1. The van der Waals surface area contributed by atoms with Gasteiger partial charge >= 0.3 is 5.97 Å². The fourth-order valence-electron chi connectivity index (χ4n) is 8.67. The highest BCUT2D eigenvalue weighted by molar-refractivity contribution is 6.04. The van der Waals surface area contributed by atoms with Crippen LogP contribution in [0.4, 0.5) is 11.4 Å². The molecule has 54 heavy (non-hydrogen) atoms. The monoisotopic (exact) mass is 742 g/mol. The van der Waals surface area contributed by atoms with Gasteiger partial charge in [0.1, 0.15) is 17.7 Å². The van der Waals surface area contributed by atoms with Crippen LogP contribution in [0, 0.1) is 11.8 Å². The van der Waals surface area contributed by atoms with Crippen LogP contribution < -0.4 is 9.80 Å². The van der Waals surface area contributed by atoms with E-state index in [4.69, 9.17) is 9.47 Å². The minimum Gasteiger partial charge on any atom is -0.455 e. The van der Waals surface area contributed by atoms with E-state index >= 15 is 0 Å². The molecule has 292 valence electrons. The molecule has 0 unspecified atom stereocenters. The minimum atomic E-state index is -1.22. The van der Waals surface area contributed by atoms with Crippen LogP contribution in [0.1, 0.15) is 77.4 Å². The molecule has 0 aliphatic carbocycles. The van der Waals surface area contributed by atoms with Gasteiger partial charge in [-0.3, -0.25) is 19.2 Å². The zero-order valence-corrected chi connectivity index (χ0v) is 32.4. The van der Waals surface area contributed by atoms with Crippen LogP contribution in [-0.2, 0) is 28.7 Å². The number of ether oxygens (including phenoxy) is 2. The number of likely N-dealkylation sites (N-methyl/N-ethyl adjacent to an activating group) is 1. The summed E-state index contributed by atoms with van der Waals surface area (Å²) >= 11 is 0. The quantitative estimate of drug-likeness (QED) is 0.105. The normalized spacial score (nSPS) is 23.7. The molecule has 0 radical (unpaired) electrons. The molecule has 11 nitrogen and oxygen atoms in total. The number of hydrogen-bond donors (Lipinski definition) is 1. The number of carbonyl (C=O) groups is 4. The van der Waals surface area contributed by atoms with Gasteiger partial charge in [-0.25, -0.2) is 0 Å². The molecule has 5 rings (SSSR count). The Bertz CT molecular complexity index is 1630. The fourth-order valence-corrected chi connectivity index (χ4v) is 8.67. The summed E-state index contributed by atoms with van der Waals surface area (Å²) in [5.74, 6) is -3.09. The zero-order chi connectivity index (χ0) is 39.0. The lowest BCUT2D eigenvalue weighted by Gasteiger charge is -2.37. The van der Waals surface area contributed by atoms with Crippen LogP contribution in [-0.4, -0.2) is 102 Å². The number of rotatable bonds is 20. The van der Waals surface area contributed by atoms with Crippen LogP contribution in [0.5, 0.6) is 0 Å². The first kappa shape index (κ1) is 40.7. The van der Waals surface area contributed by atoms with Gasteiger partial charge in [0.15, 0.2) is 0 Å². The first-order valence-corrected chi connectivity index (χ1v) is 19.6. The van der Waals surface area contributed by atoms with Crippen molar-refractivity contribution >= 4 is 35.1 Å². The third-order valence-electron chi connectivity index (χ3n) is 11.6. The molecule has 7 atom stereocenters. The van der Waals surface area contributed by atoms with Gasteiger partial charge < -0.3 is 34.2 Å². The van der Waals surface area contributed by atoms with Crippen LogP contribution in [0.25, 0.3) is 0 Å². The molecular formula is C43H58N4O7. The van der Waals surface area contributed by atoms with Gasteiger partial charge in [-0.1, -0.05) is 42.5 Å². The first-order valence-electron chi connectivity index (χ1n) is 19.6. The predicted octanol–water partition coefficient (Wildman–Crippen LogP) is 5.69. The van der Waals surface area contributed by atoms with E-state index in [1.165, 1.54) is 0 Å².